The van der Waals surface area contributed by atoms with E-state index in [1.807, 2.05) is 60.7 Å². The molecular formula is C55H64N2O11. The summed E-state index contributed by atoms with van der Waals surface area (Å²) in [7, 11) is 0. The van der Waals surface area contributed by atoms with E-state index in [0.717, 1.165) is 66.4 Å². The van der Waals surface area contributed by atoms with Crippen molar-refractivity contribution in [2.24, 2.45) is 22.9 Å². The molecule has 4 aromatic rings. The molecule has 1 amide bonds. The second-order valence-corrected chi connectivity index (χ2v) is 18.2. The van der Waals surface area contributed by atoms with Crippen LogP contribution in [0, 0.1) is 17.8 Å². The Balaban J connectivity index is 1.20. The summed E-state index contributed by atoms with van der Waals surface area (Å²) in [5.41, 5.74) is 5.57. The predicted molar refractivity (Wildman–Crippen MR) is 257 cm³/mol. The fraction of sp³-hybridized carbons (Fsp3) is 0.455. The number of oxime groups is 1. The fourth-order valence-electron chi connectivity index (χ4n) is 10.9. The first-order valence-electron chi connectivity index (χ1n) is 24.4. The monoisotopic (exact) mass is 928 g/mol. The minimum absolute atomic E-state index is 0.0243. The zero-order valence-electron chi connectivity index (χ0n) is 39.0. The molecule has 360 valence electrons. The van der Waals surface area contributed by atoms with Crippen LogP contribution in [-0.2, 0) is 25.6 Å². The summed E-state index contributed by atoms with van der Waals surface area (Å²) >= 11 is 0. The SMILES string of the molecule is C=CCOC12Oc3ccc(Oc4ccc(-c5ccccc5)cc4)cc3C3C(CCCCO)C(CCCCO)C=C(C(=NOC4CCCCO4)CC1N(Cc1ccc4c(c1)OCO4)C(=O)OCC)C32. The molecule has 0 spiro atoms. The molecule has 0 radical (unpaired) electrons. The van der Waals surface area contributed by atoms with E-state index in [4.69, 9.17) is 43.2 Å². The van der Waals surface area contributed by atoms with Crippen LogP contribution < -0.4 is 18.9 Å². The molecule has 3 aliphatic heterocycles. The van der Waals surface area contributed by atoms with Crippen molar-refractivity contribution in [3.8, 4) is 39.9 Å². The van der Waals surface area contributed by atoms with Crippen molar-refractivity contribution >= 4 is 11.8 Å². The van der Waals surface area contributed by atoms with Crippen LogP contribution in [0.4, 0.5) is 4.79 Å². The summed E-state index contributed by atoms with van der Waals surface area (Å²) in [5, 5.41) is 25.1. The van der Waals surface area contributed by atoms with Gasteiger partial charge in [0.15, 0.2) is 11.5 Å². The highest BCUT2D eigenvalue weighted by Crippen LogP contribution is 2.62. The largest absolute Gasteiger partial charge is 0.459 e. The van der Waals surface area contributed by atoms with Crippen LogP contribution in [0.1, 0.15) is 88.2 Å². The molecule has 2 N–H and O–H groups in total. The number of carbonyl (C=O) groups is 1. The van der Waals surface area contributed by atoms with Gasteiger partial charge in [0.1, 0.15) is 23.3 Å². The fourth-order valence-corrected chi connectivity index (χ4v) is 10.9. The summed E-state index contributed by atoms with van der Waals surface area (Å²) < 4.78 is 44.7. The normalized spacial score (nSPS) is 25.0. The Kier molecular flexibility index (Phi) is 15.3. The van der Waals surface area contributed by atoms with E-state index in [1.54, 1.807) is 17.9 Å². The average Bonchev–Trinajstić information content (AvgIpc) is 3.85. The molecule has 1 saturated heterocycles. The lowest BCUT2D eigenvalue weighted by atomic mass is 9.55. The van der Waals surface area contributed by atoms with Crippen molar-refractivity contribution in [3.05, 3.63) is 126 Å². The average molecular weight is 929 g/mol. The summed E-state index contributed by atoms with van der Waals surface area (Å²) in [6.45, 7) is 7.16. The van der Waals surface area contributed by atoms with Crippen LogP contribution in [0.3, 0.4) is 0 Å². The highest BCUT2D eigenvalue weighted by atomic mass is 16.8. The second kappa shape index (κ2) is 22.1. The maximum absolute atomic E-state index is 14.7. The van der Waals surface area contributed by atoms with Crippen LogP contribution in [-0.4, -0.2) is 84.9 Å². The molecule has 7 unspecified atom stereocenters. The molecule has 68 heavy (non-hydrogen) atoms. The summed E-state index contributed by atoms with van der Waals surface area (Å²) in [5.74, 6) is 1.01. The third-order valence-electron chi connectivity index (χ3n) is 13.9. The molecule has 0 aromatic heterocycles. The Bertz CT molecular complexity index is 2400. The van der Waals surface area contributed by atoms with E-state index in [2.05, 4.69) is 43.0 Å². The zero-order valence-corrected chi connectivity index (χ0v) is 39.0. The van der Waals surface area contributed by atoms with Crippen LogP contribution in [0.25, 0.3) is 11.1 Å². The van der Waals surface area contributed by atoms with Gasteiger partial charge in [-0.3, -0.25) is 4.90 Å². The highest BCUT2D eigenvalue weighted by molar-refractivity contribution is 6.03. The Morgan fingerprint density at radius 2 is 1.65 bits per heavy atom. The number of benzene rings is 4. The molecule has 9 rings (SSSR count). The Morgan fingerprint density at radius 3 is 2.41 bits per heavy atom. The van der Waals surface area contributed by atoms with E-state index < -0.39 is 30.1 Å². The molecule has 2 fully saturated rings. The summed E-state index contributed by atoms with van der Waals surface area (Å²) in [6, 6.07) is 29.2. The molecule has 5 aliphatic rings. The van der Waals surface area contributed by atoms with E-state index in [9.17, 15) is 15.0 Å². The smallest absolute Gasteiger partial charge is 0.410 e. The lowest BCUT2D eigenvalue weighted by Gasteiger charge is -2.59. The second-order valence-electron chi connectivity index (χ2n) is 18.2. The lowest BCUT2D eigenvalue weighted by molar-refractivity contribution is -0.256. The van der Waals surface area contributed by atoms with Gasteiger partial charge in [0, 0.05) is 44.1 Å². The molecule has 13 nitrogen and oxygen atoms in total. The first-order valence-corrected chi connectivity index (χ1v) is 24.4. The van der Waals surface area contributed by atoms with Gasteiger partial charge in [-0.2, -0.15) is 0 Å². The van der Waals surface area contributed by atoms with E-state index >= 15 is 0 Å². The van der Waals surface area contributed by atoms with Crippen molar-refractivity contribution in [3.63, 3.8) is 0 Å². The van der Waals surface area contributed by atoms with Gasteiger partial charge in [-0.15, -0.1) is 6.58 Å². The number of aliphatic hydroxyl groups is 2. The Labute approximate surface area is 399 Å². The van der Waals surface area contributed by atoms with Crippen molar-refractivity contribution in [1.82, 2.24) is 4.90 Å². The van der Waals surface area contributed by atoms with Crippen molar-refractivity contribution in [1.29, 1.82) is 0 Å². The predicted octanol–water partition coefficient (Wildman–Crippen LogP) is 10.7. The van der Waals surface area contributed by atoms with Crippen molar-refractivity contribution in [2.45, 2.75) is 102 Å². The topological polar surface area (TPSA) is 147 Å². The lowest BCUT2D eigenvalue weighted by Crippen LogP contribution is -2.70. The maximum atomic E-state index is 14.7. The number of allylic oxidation sites excluding steroid dienone is 1. The standard InChI is InChI=1S/C55H64N2O11/c1-3-29-65-55-50(57(54(60)61-4-2)35-37-19-25-48-49(31-37)64-36-63-48)34-46(56-68-51-18-10-13-30-62-51)44-32-40(16-8-11-27-58)43(17-9-12-28-59)52(53(44)55)45-33-42(24-26-47(45)67-55)66-41-22-20-39(21-23-41)38-14-6-5-7-15-38/h3,5-7,14-15,19-26,31-33,40,43,50-53,58-59H,1,4,8-13,16-18,27-30,34-36H2,2H3. The molecular weight excluding hydrogens is 865 g/mol. The number of fused-ring (bicyclic) bond motifs is 3. The number of amides is 1. The van der Waals surface area contributed by atoms with E-state index in [-0.39, 0.29) is 63.9 Å². The molecule has 2 aliphatic carbocycles. The van der Waals surface area contributed by atoms with Gasteiger partial charge >= 0.3 is 6.09 Å². The molecule has 3 heterocycles. The van der Waals surface area contributed by atoms with E-state index in [0.29, 0.717) is 60.3 Å². The molecule has 4 aromatic carbocycles. The number of ether oxygens (including phenoxy) is 7. The first kappa shape index (κ1) is 47.2. The number of nitrogens with zero attached hydrogens (tertiary/aromatic N) is 2. The van der Waals surface area contributed by atoms with Gasteiger partial charge in [0.2, 0.25) is 18.9 Å². The number of aliphatic hydroxyl groups excluding tert-OH is 2. The molecule has 7 atom stereocenters. The number of unbranched alkanes of at least 4 members (excludes halogenated alkanes) is 2. The number of hydrogen-bond donors (Lipinski definition) is 2. The van der Waals surface area contributed by atoms with Gasteiger partial charge in [0.25, 0.3) is 0 Å². The van der Waals surface area contributed by atoms with Gasteiger partial charge in [-0.1, -0.05) is 78.7 Å². The molecule has 13 heteroatoms. The van der Waals surface area contributed by atoms with Crippen LogP contribution in [0.2, 0.25) is 0 Å². The number of rotatable bonds is 20. The Morgan fingerprint density at radius 1 is 0.882 bits per heavy atom. The molecule has 0 bridgehead atoms. The van der Waals surface area contributed by atoms with Gasteiger partial charge < -0.3 is 48.2 Å². The van der Waals surface area contributed by atoms with E-state index in [1.165, 1.54) is 0 Å². The minimum atomic E-state index is -1.48. The maximum Gasteiger partial charge on any atom is 0.410 e. The van der Waals surface area contributed by atoms with Gasteiger partial charge in [-0.25, -0.2) is 4.79 Å². The van der Waals surface area contributed by atoms with Crippen LogP contribution in [0.15, 0.2) is 120 Å². The van der Waals surface area contributed by atoms with Crippen molar-refractivity contribution < 1.29 is 53.0 Å². The third kappa shape index (κ3) is 10.1. The third-order valence-corrected chi connectivity index (χ3v) is 13.9. The minimum Gasteiger partial charge on any atom is -0.459 e. The van der Waals surface area contributed by atoms with Gasteiger partial charge in [-0.05, 0) is 122 Å². The first-order chi connectivity index (χ1) is 33.4. The van der Waals surface area contributed by atoms with Crippen molar-refractivity contribution in [2.75, 3.05) is 39.8 Å². The van der Waals surface area contributed by atoms with Crippen LogP contribution >= 0.6 is 0 Å². The highest BCUT2D eigenvalue weighted by Gasteiger charge is 2.66. The number of carbonyl (C=O) groups excluding carboxylic acids is 1. The summed E-state index contributed by atoms with van der Waals surface area (Å²) in [6.07, 6.45) is 10.4. The summed E-state index contributed by atoms with van der Waals surface area (Å²) in [4.78, 5) is 22.7. The van der Waals surface area contributed by atoms with Crippen LogP contribution in [0.5, 0.6) is 28.7 Å². The zero-order chi connectivity index (χ0) is 46.9. The van der Waals surface area contributed by atoms with Gasteiger partial charge in [0.05, 0.1) is 31.5 Å². The molecule has 1 saturated carbocycles. The Hall–Kier alpha value is -5.86. The quantitative estimate of drug-likeness (QED) is 0.0496. The number of hydrogen-bond acceptors (Lipinski definition) is 12.